The summed E-state index contributed by atoms with van der Waals surface area (Å²) < 4.78 is 24.7. The van der Waals surface area contributed by atoms with Crippen LogP contribution in [-0.4, -0.2) is 48.1 Å². The summed E-state index contributed by atoms with van der Waals surface area (Å²) in [6.45, 7) is 0.802. The van der Waals surface area contributed by atoms with Crippen LogP contribution < -0.4 is 4.74 Å². The number of benzene rings is 2. The summed E-state index contributed by atoms with van der Waals surface area (Å²) in [6, 6.07) is 11.3. The fourth-order valence-electron chi connectivity index (χ4n) is 4.00. The van der Waals surface area contributed by atoms with Crippen molar-refractivity contribution in [1.29, 1.82) is 0 Å². The highest BCUT2D eigenvalue weighted by Gasteiger charge is 2.47. The van der Waals surface area contributed by atoms with Gasteiger partial charge in [-0.2, -0.15) is 0 Å². The summed E-state index contributed by atoms with van der Waals surface area (Å²) >= 11 is 0. The van der Waals surface area contributed by atoms with Crippen molar-refractivity contribution in [2.24, 2.45) is 0 Å². The van der Waals surface area contributed by atoms with E-state index in [2.05, 4.69) is 0 Å². The lowest BCUT2D eigenvalue weighted by Crippen LogP contribution is -2.36. The molecule has 1 N–H and O–H groups in total. The maximum atomic E-state index is 14.0. The first-order valence-electron chi connectivity index (χ1n) is 9.79. The fourth-order valence-corrected chi connectivity index (χ4v) is 4.00. The van der Waals surface area contributed by atoms with Crippen molar-refractivity contribution >= 4 is 17.4 Å². The zero-order chi connectivity index (χ0) is 21.3. The monoisotopic (exact) mass is 411 g/mol. The SMILES string of the molecule is COc1ccc(C(O)=C2C(=O)C(=O)N(C[C@H]3CCCO3)[C@H]2c2cccc(F)c2)cc1. The molecule has 2 saturated heterocycles. The minimum Gasteiger partial charge on any atom is -0.507 e. The Morgan fingerprint density at radius 2 is 2.00 bits per heavy atom. The van der Waals surface area contributed by atoms with Gasteiger partial charge in [0.05, 0.1) is 24.8 Å². The maximum absolute atomic E-state index is 14.0. The zero-order valence-electron chi connectivity index (χ0n) is 16.5. The largest absolute Gasteiger partial charge is 0.507 e. The Kier molecular flexibility index (Phi) is 5.55. The lowest BCUT2D eigenvalue weighted by atomic mass is 9.95. The number of hydrogen-bond donors (Lipinski definition) is 1. The molecule has 6 nitrogen and oxygen atoms in total. The van der Waals surface area contributed by atoms with E-state index in [1.165, 1.54) is 30.2 Å². The van der Waals surface area contributed by atoms with Gasteiger partial charge >= 0.3 is 0 Å². The minimum absolute atomic E-state index is 0.0613. The van der Waals surface area contributed by atoms with E-state index >= 15 is 0 Å². The van der Waals surface area contributed by atoms with Crippen molar-refractivity contribution in [3.8, 4) is 5.75 Å². The first kappa shape index (κ1) is 20.1. The molecule has 156 valence electrons. The molecule has 30 heavy (non-hydrogen) atoms. The van der Waals surface area contributed by atoms with Crippen LogP contribution in [0.4, 0.5) is 4.39 Å². The number of amides is 1. The summed E-state index contributed by atoms with van der Waals surface area (Å²) in [4.78, 5) is 27.2. The molecule has 0 bridgehead atoms. The first-order valence-corrected chi connectivity index (χ1v) is 9.79. The lowest BCUT2D eigenvalue weighted by molar-refractivity contribution is -0.140. The molecule has 0 saturated carbocycles. The van der Waals surface area contributed by atoms with Crippen LogP contribution >= 0.6 is 0 Å². The number of ether oxygens (including phenoxy) is 2. The third kappa shape index (κ3) is 3.68. The average molecular weight is 411 g/mol. The Bertz CT molecular complexity index is 995. The lowest BCUT2D eigenvalue weighted by Gasteiger charge is -2.27. The van der Waals surface area contributed by atoms with E-state index in [0.717, 1.165) is 12.8 Å². The molecule has 2 aromatic carbocycles. The van der Waals surface area contributed by atoms with Gasteiger partial charge < -0.3 is 19.5 Å². The summed E-state index contributed by atoms with van der Waals surface area (Å²) in [5, 5.41) is 11.0. The predicted octanol–water partition coefficient (Wildman–Crippen LogP) is 3.44. The van der Waals surface area contributed by atoms with Crippen molar-refractivity contribution in [3.05, 3.63) is 71.0 Å². The van der Waals surface area contributed by atoms with Crippen molar-refractivity contribution in [2.45, 2.75) is 25.0 Å². The third-order valence-electron chi connectivity index (χ3n) is 5.49. The van der Waals surface area contributed by atoms with E-state index in [1.54, 1.807) is 30.3 Å². The topological polar surface area (TPSA) is 76.1 Å². The molecule has 0 unspecified atom stereocenters. The number of halogens is 1. The van der Waals surface area contributed by atoms with Crippen LogP contribution in [0.3, 0.4) is 0 Å². The van der Waals surface area contributed by atoms with Crippen LogP contribution in [-0.2, 0) is 14.3 Å². The molecule has 7 heteroatoms. The number of aliphatic hydroxyl groups is 1. The van der Waals surface area contributed by atoms with Gasteiger partial charge in [-0.25, -0.2) is 4.39 Å². The molecule has 2 fully saturated rings. The van der Waals surface area contributed by atoms with Gasteiger partial charge in [0.15, 0.2) is 0 Å². The summed E-state index contributed by atoms with van der Waals surface area (Å²) in [5.74, 6) is -1.72. The van der Waals surface area contributed by atoms with E-state index in [-0.39, 0.29) is 24.0 Å². The van der Waals surface area contributed by atoms with Crippen LogP contribution in [0.25, 0.3) is 5.76 Å². The second kappa shape index (κ2) is 8.28. The normalized spacial score (nSPS) is 23.2. The highest BCUT2D eigenvalue weighted by atomic mass is 19.1. The van der Waals surface area contributed by atoms with Gasteiger partial charge in [-0.15, -0.1) is 0 Å². The van der Waals surface area contributed by atoms with Gasteiger partial charge in [0.25, 0.3) is 11.7 Å². The molecule has 1 amide bonds. The van der Waals surface area contributed by atoms with Crippen molar-refractivity contribution in [2.75, 3.05) is 20.3 Å². The van der Waals surface area contributed by atoms with Gasteiger partial charge in [-0.3, -0.25) is 9.59 Å². The Labute approximate surface area is 173 Å². The zero-order valence-corrected chi connectivity index (χ0v) is 16.5. The van der Waals surface area contributed by atoms with Crippen LogP contribution in [0.1, 0.15) is 30.0 Å². The first-order chi connectivity index (χ1) is 14.5. The second-order valence-electron chi connectivity index (χ2n) is 7.37. The Balaban J connectivity index is 1.81. The number of carbonyl (C=O) groups is 2. The van der Waals surface area contributed by atoms with E-state index in [4.69, 9.17) is 9.47 Å². The summed E-state index contributed by atoms with van der Waals surface area (Å²) in [7, 11) is 1.52. The molecule has 0 spiro atoms. The second-order valence-corrected chi connectivity index (χ2v) is 7.37. The van der Waals surface area contributed by atoms with Gasteiger partial charge in [0.1, 0.15) is 17.3 Å². The molecule has 0 aliphatic carbocycles. The number of aliphatic hydroxyl groups excluding tert-OH is 1. The minimum atomic E-state index is -0.896. The molecule has 0 radical (unpaired) electrons. The van der Waals surface area contributed by atoms with Gasteiger partial charge in [-0.05, 0) is 54.8 Å². The quantitative estimate of drug-likeness (QED) is 0.463. The molecular formula is C23H22FNO5. The maximum Gasteiger partial charge on any atom is 0.295 e. The molecule has 2 aliphatic rings. The van der Waals surface area contributed by atoms with Crippen LogP contribution in [0, 0.1) is 5.82 Å². The third-order valence-corrected chi connectivity index (χ3v) is 5.49. The summed E-state index contributed by atoms with van der Waals surface area (Å²) in [6.07, 6.45) is 1.46. The summed E-state index contributed by atoms with van der Waals surface area (Å²) in [5.41, 5.74) is 0.725. The number of nitrogens with zero attached hydrogens (tertiary/aromatic N) is 1. The predicted molar refractivity (Wildman–Crippen MR) is 107 cm³/mol. The Hall–Kier alpha value is -3.19. The van der Waals surface area contributed by atoms with E-state index in [9.17, 15) is 19.1 Å². The molecule has 2 atom stereocenters. The number of ketones is 1. The molecule has 2 aliphatic heterocycles. The number of rotatable bonds is 5. The van der Waals surface area contributed by atoms with Crippen molar-refractivity contribution in [1.82, 2.24) is 4.90 Å². The molecule has 0 aromatic heterocycles. The van der Waals surface area contributed by atoms with Gasteiger partial charge in [-0.1, -0.05) is 12.1 Å². The van der Waals surface area contributed by atoms with Crippen molar-refractivity contribution in [3.63, 3.8) is 0 Å². The molecule has 2 aromatic rings. The molecule has 2 heterocycles. The fraction of sp³-hybridized carbons (Fsp3) is 0.304. The van der Waals surface area contributed by atoms with Gasteiger partial charge in [0.2, 0.25) is 0 Å². The van der Waals surface area contributed by atoms with Gasteiger partial charge in [0, 0.05) is 18.7 Å². The van der Waals surface area contributed by atoms with E-state index in [1.807, 2.05) is 0 Å². The van der Waals surface area contributed by atoms with Crippen LogP contribution in [0.2, 0.25) is 0 Å². The number of Topliss-reactive ketones (excluding diaryl/α,β-unsaturated/α-hetero) is 1. The highest BCUT2D eigenvalue weighted by Crippen LogP contribution is 2.40. The van der Waals surface area contributed by atoms with E-state index in [0.29, 0.717) is 23.5 Å². The smallest absolute Gasteiger partial charge is 0.295 e. The number of methoxy groups -OCH3 is 1. The molecular weight excluding hydrogens is 389 g/mol. The average Bonchev–Trinajstić information content (AvgIpc) is 3.36. The Morgan fingerprint density at radius 3 is 2.63 bits per heavy atom. The van der Waals surface area contributed by atoms with Crippen LogP contribution in [0.15, 0.2) is 54.1 Å². The van der Waals surface area contributed by atoms with Crippen LogP contribution in [0.5, 0.6) is 5.75 Å². The number of hydrogen-bond acceptors (Lipinski definition) is 5. The van der Waals surface area contributed by atoms with Crippen molar-refractivity contribution < 1.29 is 28.6 Å². The highest BCUT2D eigenvalue weighted by molar-refractivity contribution is 6.46. The number of likely N-dealkylation sites (tertiary alicyclic amines) is 1. The standard InChI is InChI=1S/C23H22FNO5/c1-29-17-9-7-14(8-10-17)21(26)19-20(15-4-2-5-16(24)12-15)25(23(28)22(19)27)13-18-6-3-11-30-18/h2,4-5,7-10,12,18,20,26H,3,6,11,13H2,1H3/t18-,20+/m1/s1. The van der Waals surface area contributed by atoms with E-state index < -0.39 is 23.5 Å². The number of carbonyl (C=O) groups excluding carboxylic acids is 2. The molecule has 4 rings (SSSR count). The Morgan fingerprint density at radius 1 is 1.23 bits per heavy atom.